The van der Waals surface area contributed by atoms with Crippen LogP contribution in [0.5, 0.6) is 0 Å². The number of aliphatic hydroxyl groups is 13. The molecular formula is C37H60O18. The summed E-state index contributed by atoms with van der Waals surface area (Å²) in [5.41, 5.74) is -1.47. The fourth-order valence-electron chi connectivity index (χ4n) is 9.62. The van der Waals surface area contributed by atoms with E-state index in [0.717, 1.165) is 0 Å². The highest BCUT2D eigenvalue weighted by atomic mass is 16.7. The van der Waals surface area contributed by atoms with Crippen molar-refractivity contribution in [2.24, 2.45) is 28.1 Å². The van der Waals surface area contributed by atoms with Crippen molar-refractivity contribution in [2.45, 2.75) is 140 Å². The standard InChI is InChI=1S/C37H60O18/c1-17-15-35(2)11-6-22-36(3,9-5-10-37(22,4)34(51)55-31(49)28(47)24(43)18(41)7-12-38)23(35)14-20(17)52-32(50)30(25(44)19(42)8-13-39)54-33-29(48)27(46)26(45)21(16-40)53-33/h18-23,26-27,29,31-33,38-50H,1,5-16H2,2-4H3/b28-24+,30-25-/t18?,19?,20?,21?,22?,23-,26?,27?,29?,31?,32?,33?,35-,36-,37-/m1/s1. The number of fused-ring (bicyclic) bond motifs is 3. The molecule has 3 saturated carbocycles. The Bertz CT molecular complexity index is 1420. The van der Waals surface area contributed by atoms with Crippen molar-refractivity contribution in [3.63, 3.8) is 0 Å². The van der Waals surface area contributed by atoms with Crippen molar-refractivity contribution in [1.82, 2.24) is 0 Å². The number of rotatable bonds is 15. The molecule has 0 amide bonds. The van der Waals surface area contributed by atoms with Gasteiger partial charge in [-0.05, 0) is 73.7 Å². The topological polar surface area (TPSA) is 317 Å². The van der Waals surface area contributed by atoms with Gasteiger partial charge in [-0.25, -0.2) is 0 Å². The zero-order valence-electron chi connectivity index (χ0n) is 31.5. The van der Waals surface area contributed by atoms with Gasteiger partial charge in [0.05, 0.1) is 18.1 Å². The van der Waals surface area contributed by atoms with Crippen LogP contribution in [0, 0.1) is 28.1 Å². The van der Waals surface area contributed by atoms with Gasteiger partial charge in [0.15, 0.2) is 17.3 Å². The maximum absolute atomic E-state index is 13.8. The number of esters is 1. The summed E-state index contributed by atoms with van der Waals surface area (Å²) in [6, 6.07) is 0. The zero-order chi connectivity index (χ0) is 41.2. The van der Waals surface area contributed by atoms with E-state index in [9.17, 15) is 66.1 Å². The second kappa shape index (κ2) is 17.9. The maximum atomic E-state index is 13.8. The Hall–Kier alpha value is -2.59. The van der Waals surface area contributed by atoms with Crippen molar-refractivity contribution in [1.29, 1.82) is 0 Å². The van der Waals surface area contributed by atoms with Gasteiger partial charge < -0.3 is 85.3 Å². The summed E-state index contributed by atoms with van der Waals surface area (Å²) in [7, 11) is 0. The summed E-state index contributed by atoms with van der Waals surface area (Å²) < 4.78 is 22.3. The van der Waals surface area contributed by atoms with E-state index in [1.165, 1.54) is 0 Å². The lowest BCUT2D eigenvalue weighted by molar-refractivity contribution is -0.300. The second-order valence-electron chi connectivity index (χ2n) is 16.3. The minimum absolute atomic E-state index is 0.169. The molecule has 18 nitrogen and oxygen atoms in total. The predicted octanol–water partition coefficient (Wildman–Crippen LogP) is -0.469. The van der Waals surface area contributed by atoms with Gasteiger partial charge in [-0.3, -0.25) is 4.79 Å². The van der Waals surface area contributed by atoms with Gasteiger partial charge in [0.2, 0.25) is 18.3 Å². The molecule has 4 aliphatic rings. The zero-order valence-corrected chi connectivity index (χ0v) is 31.5. The Balaban J connectivity index is 1.59. The molecule has 0 bridgehead atoms. The third kappa shape index (κ3) is 8.95. The molecule has 4 fully saturated rings. The first-order chi connectivity index (χ1) is 25.7. The predicted molar refractivity (Wildman–Crippen MR) is 188 cm³/mol. The van der Waals surface area contributed by atoms with E-state index in [2.05, 4.69) is 20.4 Å². The number of aliphatic hydroxyl groups excluding tert-OH is 13. The molecule has 1 aliphatic heterocycles. The van der Waals surface area contributed by atoms with Gasteiger partial charge in [-0.15, -0.1) is 0 Å². The van der Waals surface area contributed by atoms with E-state index in [-0.39, 0.29) is 30.1 Å². The monoisotopic (exact) mass is 792 g/mol. The Morgan fingerprint density at radius 3 is 2.05 bits per heavy atom. The summed E-state index contributed by atoms with van der Waals surface area (Å²) >= 11 is 0. The molecule has 55 heavy (non-hydrogen) atoms. The minimum atomic E-state index is -2.28. The molecule has 4 rings (SSSR count). The Labute approximate surface area is 319 Å². The summed E-state index contributed by atoms with van der Waals surface area (Å²) in [6.45, 7) is 8.22. The average Bonchev–Trinajstić information content (AvgIpc) is 3.13. The van der Waals surface area contributed by atoms with Crippen molar-refractivity contribution in [3.8, 4) is 0 Å². The van der Waals surface area contributed by atoms with E-state index in [0.29, 0.717) is 44.1 Å². The van der Waals surface area contributed by atoms with Crippen LogP contribution in [0.3, 0.4) is 0 Å². The van der Waals surface area contributed by atoms with Crippen LogP contribution in [0.25, 0.3) is 0 Å². The molecule has 15 atom stereocenters. The van der Waals surface area contributed by atoms with Gasteiger partial charge >= 0.3 is 5.97 Å². The van der Waals surface area contributed by atoms with Gasteiger partial charge in [0.25, 0.3) is 6.29 Å². The van der Waals surface area contributed by atoms with Gasteiger partial charge in [-0.1, -0.05) is 26.8 Å². The molecule has 1 heterocycles. The molecule has 18 heteroatoms. The Morgan fingerprint density at radius 2 is 1.45 bits per heavy atom. The molecule has 3 aliphatic carbocycles. The number of hydrogen-bond donors (Lipinski definition) is 13. The van der Waals surface area contributed by atoms with E-state index in [4.69, 9.17) is 24.1 Å². The first-order valence-corrected chi connectivity index (χ1v) is 18.7. The van der Waals surface area contributed by atoms with Crippen molar-refractivity contribution in [2.75, 3.05) is 19.8 Å². The molecule has 13 N–H and O–H groups in total. The number of hydrogen-bond acceptors (Lipinski definition) is 18. The fraction of sp³-hybridized carbons (Fsp3) is 0.811. The molecule has 0 radical (unpaired) electrons. The van der Waals surface area contributed by atoms with Gasteiger partial charge in [0.1, 0.15) is 36.6 Å². The highest BCUT2D eigenvalue weighted by Crippen LogP contribution is 2.68. The number of carbonyl (C=O) groups excluding carboxylic acids is 1. The first-order valence-electron chi connectivity index (χ1n) is 18.7. The Morgan fingerprint density at radius 1 is 0.836 bits per heavy atom. The molecule has 316 valence electrons. The Kier molecular flexibility index (Phi) is 14.7. The summed E-state index contributed by atoms with van der Waals surface area (Å²) in [4.78, 5) is 13.8. The second-order valence-corrected chi connectivity index (χ2v) is 16.3. The van der Waals surface area contributed by atoms with Crippen molar-refractivity contribution >= 4 is 5.97 Å². The van der Waals surface area contributed by atoms with Crippen LogP contribution in [-0.2, 0) is 23.7 Å². The summed E-state index contributed by atoms with van der Waals surface area (Å²) in [6.07, 6.45) is -14.7. The van der Waals surface area contributed by atoms with Crippen LogP contribution in [0.15, 0.2) is 35.2 Å². The average molecular weight is 793 g/mol. The molecule has 0 aromatic carbocycles. The van der Waals surface area contributed by atoms with Crippen LogP contribution < -0.4 is 0 Å². The van der Waals surface area contributed by atoms with Crippen LogP contribution in [-0.4, -0.2) is 154 Å². The maximum Gasteiger partial charge on any atom is 0.314 e. The minimum Gasteiger partial charge on any atom is -0.506 e. The quantitative estimate of drug-likeness (QED) is 0.0431. The van der Waals surface area contributed by atoms with Gasteiger partial charge in [0, 0.05) is 26.1 Å². The summed E-state index contributed by atoms with van der Waals surface area (Å²) in [5, 5.41) is 133. The molecule has 11 unspecified atom stereocenters. The van der Waals surface area contributed by atoms with Crippen molar-refractivity contribution in [3.05, 3.63) is 35.2 Å². The number of ether oxygens (including phenoxy) is 4. The smallest absolute Gasteiger partial charge is 0.314 e. The van der Waals surface area contributed by atoms with E-state index in [1.807, 2.05) is 0 Å². The van der Waals surface area contributed by atoms with Crippen molar-refractivity contribution < 1.29 is 90.1 Å². The van der Waals surface area contributed by atoms with E-state index >= 15 is 0 Å². The molecule has 0 spiro atoms. The number of carbonyl (C=O) groups is 1. The lowest BCUT2D eigenvalue weighted by Crippen LogP contribution is -2.60. The van der Waals surface area contributed by atoms with Crippen LogP contribution in [0.2, 0.25) is 0 Å². The molecular weight excluding hydrogens is 732 g/mol. The normalized spacial score (nSPS) is 39.7. The molecule has 0 aromatic rings. The lowest BCUT2D eigenvalue weighted by atomic mass is 9.40. The largest absolute Gasteiger partial charge is 0.506 e. The third-order valence-electron chi connectivity index (χ3n) is 12.6. The van der Waals surface area contributed by atoms with Gasteiger partial charge in [-0.2, -0.15) is 0 Å². The van der Waals surface area contributed by atoms with E-state index < -0.39 is 128 Å². The molecule has 0 aromatic heterocycles. The SMILES string of the molecule is C=C1C[C@@]2(C)CCC3[C@](C)(C(=O)OC(O)/C(O)=C(\O)C(O)CCO)CCC[C@@]3(C)[C@@H]2CC1OC(O)/C(OC1OC(CO)C(O)C(O)C1O)=C(/O)C(O)CCO. The fourth-order valence-corrected chi connectivity index (χ4v) is 9.62. The lowest BCUT2D eigenvalue weighted by Gasteiger charge is -2.64. The van der Waals surface area contributed by atoms with Crippen LogP contribution in [0.4, 0.5) is 0 Å². The highest BCUT2D eigenvalue weighted by Gasteiger charge is 2.63. The molecule has 1 saturated heterocycles. The summed E-state index contributed by atoms with van der Waals surface area (Å²) in [5.74, 6) is -5.30. The highest BCUT2D eigenvalue weighted by molar-refractivity contribution is 5.77. The van der Waals surface area contributed by atoms with Crippen LogP contribution >= 0.6 is 0 Å². The first kappa shape index (κ1) is 45.1. The van der Waals surface area contributed by atoms with E-state index in [1.54, 1.807) is 6.92 Å². The third-order valence-corrected chi connectivity index (χ3v) is 12.6. The van der Waals surface area contributed by atoms with Crippen LogP contribution in [0.1, 0.15) is 78.6 Å².